The highest BCUT2D eigenvalue weighted by atomic mass is 16.5. The summed E-state index contributed by atoms with van der Waals surface area (Å²) in [6.45, 7) is 4.66. The van der Waals surface area contributed by atoms with Crippen LogP contribution in [0.1, 0.15) is 42.1 Å². The molecule has 2 heterocycles. The molecular weight excluding hydrogens is 328 g/mol. The van der Waals surface area contributed by atoms with Crippen LogP contribution >= 0.6 is 0 Å². The number of benzene rings is 1. The van der Waals surface area contributed by atoms with Crippen molar-refractivity contribution in [3.63, 3.8) is 0 Å². The Balaban J connectivity index is 2.13. The first-order valence-corrected chi connectivity index (χ1v) is 9.34. The topological polar surface area (TPSA) is 54.7 Å². The van der Waals surface area contributed by atoms with E-state index in [9.17, 15) is 9.90 Å². The van der Waals surface area contributed by atoms with Crippen molar-refractivity contribution < 1.29 is 9.84 Å². The smallest absolute Gasteiger partial charge is 0.259 e. The summed E-state index contributed by atoms with van der Waals surface area (Å²) in [6.07, 6.45) is 3.46. The van der Waals surface area contributed by atoms with Crippen LogP contribution in [0.3, 0.4) is 0 Å². The van der Waals surface area contributed by atoms with E-state index in [2.05, 4.69) is 4.90 Å². The van der Waals surface area contributed by atoms with Crippen LogP contribution in [-0.4, -0.2) is 41.4 Å². The van der Waals surface area contributed by atoms with Crippen LogP contribution in [0.4, 0.5) is 0 Å². The van der Waals surface area contributed by atoms with Crippen molar-refractivity contribution in [2.75, 3.05) is 26.8 Å². The lowest BCUT2D eigenvalue weighted by Crippen LogP contribution is -2.39. The number of piperidine rings is 1. The molecule has 5 nitrogen and oxygen atoms in total. The van der Waals surface area contributed by atoms with Crippen molar-refractivity contribution in [1.82, 2.24) is 9.47 Å². The Morgan fingerprint density at radius 1 is 1.15 bits per heavy atom. The summed E-state index contributed by atoms with van der Waals surface area (Å²) >= 11 is 0. The van der Waals surface area contributed by atoms with Crippen molar-refractivity contribution in [2.24, 2.45) is 0 Å². The van der Waals surface area contributed by atoms with Gasteiger partial charge in [-0.2, -0.15) is 0 Å². The Hall–Kier alpha value is -2.11. The van der Waals surface area contributed by atoms with E-state index in [1.54, 1.807) is 17.7 Å². The molecule has 2 aromatic rings. The number of ether oxygens (including phenoxy) is 1. The molecule has 0 bridgehead atoms. The van der Waals surface area contributed by atoms with Gasteiger partial charge in [-0.1, -0.05) is 36.8 Å². The predicted molar refractivity (Wildman–Crippen MR) is 103 cm³/mol. The Morgan fingerprint density at radius 3 is 2.50 bits per heavy atom. The number of aromatic hydroxyl groups is 1. The monoisotopic (exact) mass is 356 g/mol. The van der Waals surface area contributed by atoms with Gasteiger partial charge >= 0.3 is 0 Å². The molecule has 1 aromatic heterocycles. The summed E-state index contributed by atoms with van der Waals surface area (Å²) in [5.74, 6) is 0.0839. The molecule has 0 spiro atoms. The van der Waals surface area contributed by atoms with Gasteiger partial charge in [0.05, 0.1) is 18.2 Å². The third-order valence-corrected chi connectivity index (χ3v) is 5.19. The first-order valence-electron chi connectivity index (χ1n) is 9.34. The normalized spacial score (nSPS) is 16.5. The van der Waals surface area contributed by atoms with Crippen molar-refractivity contribution in [1.29, 1.82) is 0 Å². The zero-order valence-electron chi connectivity index (χ0n) is 15.6. The minimum absolute atomic E-state index is 0.0839. The molecule has 0 radical (unpaired) electrons. The van der Waals surface area contributed by atoms with E-state index in [1.165, 1.54) is 6.42 Å². The molecule has 0 aliphatic carbocycles. The standard InChI is InChI=1S/C21H28N2O3/c1-16-15-18(24)19(21(25)23(16)13-14-26-2)20(17-9-5-3-6-10-17)22-11-7-4-8-12-22/h3,5-6,9-10,15,20,24H,4,7-8,11-14H2,1-2H3. The predicted octanol–water partition coefficient (Wildman–Crippen LogP) is 3.08. The number of likely N-dealkylation sites (tertiary alicyclic amines) is 1. The molecule has 1 fully saturated rings. The Bertz CT molecular complexity index is 780. The molecule has 1 atom stereocenters. The fourth-order valence-electron chi connectivity index (χ4n) is 3.86. The van der Waals surface area contributed by atoms with Gasteiger partial charge in [-0.3, -0.25) is 9.69 Å². The van der Waals surface area contributed by atoms with Crippen LogP contribution in [0.15, 0.2) is 41.2 Å². The average molecular weight is 356 g/mol. The molecule has 1 saturated heterocycles. The number of nitrogens with zero attached hydrogens (tertiary/aromatic N) is 2. The minimum Gasteiger partial charge on any atom is -0.507 e. The van der Waals surface area contributed by atoms with Crippen LogP contribution in [-0.2, 0) is 11.3 Å². The SMILES string of the molecule is COCCn1c(C)cc(O)c(C(c2ccccc2)N2CCCCC2)c1=O. The van der Waals surface area contributed by atoms with E-state index in [0.29, 0.717) is 18.7 Å². The Labute approximate surface area is 154 Å². The first kappa shape index (κ1) is 18.7. The van der Waals surface area contributed by atoms with Crippen LogP contribution in [0.2, 0.25) is 0 Å². The highest BCUT2D eigenvalue weighted by Crippen LogP contribution is 2.34. The number of aromatic nitrogens is 1. The van der Waals surface area contributed by atoms with E-state index in [0.717, 1.165) is 37.2 Å². The fraction of sp³-hybridized carbons (Fsp3) is 0.476. The van der Waals surface area contributed by atoms with Crippen molar-refractivity contribution >= 4 is 0 Å². The summed E-state index contributed by atoms with van der Waals surface area (Å²) < 4.78 is 6.86. The molecular formula is C21H28N2O3. The maximum Gasteiger partial charge on any atom is 0.259 e. The molecule has 0 amide bonds. The van der Waals surface area contributed by atoms with Gasteiger partial charge in [0, 0.05) is 19.3 Å². The average Bonchev–Trinajstić information content (AvgIpc) is 2.66. The van der Waals surface area contributed by atoms with E-state index in [1.807, 2.05) is 37.3 Å². The van der Waals surface area contributed by atoms with E-state index in [-0.39, 0.29) is 17.4 Å². The lowest BCUT2D eigenvalue weighted by molar-refractivity contribution is 0.178. The van der Waals surface area contributed by atoms with Gasteiger partial charge in [0.1, 0.15) is 5.75 Å². The van der Waals surface area contributed by atoms with Crippen molar-refractivity contribution in [3.8, 4) is 5.75 Å². The molecule has 1 aliphatic rings. The van der Waals surface area contributed by atoms with Crippen LogP contribution in [0, 0.1) is 6.92 Å². The highest BCUT2D eigenvalue weighted by Gasteiger charge is 2.29. The van der Waals surface area contributed by atoms with Crippen molar-refractivity contribution in [3.05, 3.63) is 63.6 Å². The Kier molecular flexibility index (Phi) is 6.12. The van der Waals surface area contributed by atoms with Gasteiger partial charge in [-0.25, -0.2) is 0 Å². The van der Waals surface area contributed by atoms with Gasteiger partial charge in [-0.05, 0) is 44.5 Å². The second-order valence-electron chi connectivity index (χ2n) is 6.94. The number of hydrogen-bond acceptors (Lipinski definition) is 4. The number of aryl methyl sites for hydroxylation is 1. The summed E-state index contributed by atoms with van der Waals surface area (Å²) in [4.78, 5) is 15.6. The van der Waals surface area contributed by atoms with Gasteiger partial charge in [0.15, 0.2) is 0 Å². The number of rotatable bonds is 6. The van der Waals surface area contributed by atoms with Gasteiger partial charge < -0.3 is 14.4 Å². The molecule has 1 aromatic carbocycles. The van der Waals surface area contributed by atoms with Crippen LogP contribution in [0.5, 0.6) is 5.75 Å². The summed E-state index contributed by atoms with van der Waals surface area (Å²) in [5.41, 5.74) is 2.14. The van der Waals surface area contributed by atoms with E-state index >= 15 is 0 Å². The Morgan fingerprint density at radius 2 is 1.85 bits per heavy atom. The largest absolute Gasteiger partial charge is 0.507 e. The molecule has 140 valence electrons. The molecule has 1 N–H and O–H groups in total. The molecule has 0 saturated carbocycles. The number of hydrogen-bond donors (Lipinski definition) is 1. The molecule has 1 unspecified atom stereocenters. The summed E-state index contributed by atoms with van der Waals surface area (Å²) in [7, 11) is 1.63. The van der Waals surface area contributed by atoms with Gasteiger partial charge in [0.2, 0.25) is 0 Å². The van der Waals surface area contributed by atoms with Gasteiger partial charge in [-0.15, -0.1) is 0 Å². The summed E-state index contributed by atoms with van der Waals surface area (Å²) in [5, 5.41) is 10.7. The highest BCUT2D eigenvalue weighted by molar-refractivity contribution is 5.41. The zero-order valence-corrected chi connectivity index (χ0v) is 15.6. The number of pyridine rings is 1. The molecule has 1 aliphatic heterocycles. The second kappa shape index (κ2) is 8.52. The van der Waals surface area contributed by atoms with Gasteiger partial charge in [0.25, 0.3) is 5.56 Å². The zero-order chi connectivity index (χ0) is 18.5. The summed E-state index contributed by atoms with van der Waals surface area (Å²) in [6, 6.07) is 11.5. The third-order valence-electron chi connectivity index (χ3n) is 5.19. The van der Waals surface area contributed by atoms with Crippen molar-refractivity contribution in [2.45, 2.75) is 38.8 Å². The molecule has 26 heavy (non-hydrogen) atoms. The van der Waals surface area contributed by atoms with E-state index in [4.69, 9.17) is 4.74 Å². The van der Waals surface area contributed by atoms with Crippen LogP contribution in [0.25, 0.3) is 0 Å². The molecule has 3 rings (SSSR count). The first-order chi connectivity index (χ1) is 12.6. The second-order valence-corrected chi connectivity index (χ2v) is 6.94. The lowest BCUT2D eigenvalue weighted by atomic mass is 9.94. The maximum absolute atomic E-state index is 13.3. The van der Waals surface area contributed by atoms with Crippen LogP contribution < -0.4 is 5.56 Å². The lowest BCUT2D eigenvalue weighted by Gasteiger charge is -2.35. The van der Waals surface area contributed by atoms with E-state index < -0.39 is 0 Å². The fourth-order valence-corrected chi connectivity index (χ4v) is 3.86. The third kappa shape index (κ3) is 3.84. The molecule has 5 heteroatoms. The number of methoxy groups -OCH3 is 1. The quantitative estimate of drug-likeness (QED) is 0.864. The minimum atomic E-state index is -0.224. The maximum atomic E-state index is 13.3.